The van der Waals surface area contributed by atoms with Crippen LogP contribution in [0.25, 0.3) is 0 Å². The van der Waals surface area contributed by atoms with Gasteiger partial charge < -0.3 is 10.5 Å². The van der Waals surface area contributed by atoms with Gasteiger partial charge in [0.1, 0.15) is 6.61 Å². The predicted molar refractivity (Wildman–Crippen MR) is 56.2 cm³/mol. The van der Waals surface area contributed by atoms with E-state index in [2.05, 4.69) is 15.9 Å². The fourth-order valence-corrected chi connectivity index (χ4v) is 2.33. The van der Waals surface area contributed by atoms with Gasteiger partial charge in [-0.05, 0) is 15.9 Å². The quantitative estimate of drug-likeness (QED) is 0.650. The molecule has 0 spiro atoms. The third-order valence-electron chi connectivity index (χ3n) is 1.41. The molecular formula is C8H10BrNO2S. The second-order valence-corrected chi connectivity index (χ2v) is 4.00. The first-order chi connectivity index (χ1) is 6.25. The second-order valence-electron chi connectivity index (χ2n) is 2.40. The normalized spacial score (nSPS) is 10.3. The Labute approximate surface area is 89.0 Å². The molecule has 0 aliphatic carbocycles. The van der Waals surface area contributed by atoms with Crippen molar-refractivity contribution < 1.29 is 9.53 Å². The van der Waals surface area contributed by atoms with Crippen LogP contribution in [0, 0.1) is 0 Å². The highest BCUT2D eigenvalue weighted by Gasteiger charge is 2.10. The van der Waals surface area contributed by atoms with E-state index in [9.17, 15) is 4.79 Å². The third-order valence-corrected chi connectivity index (χ3v) is 3.11. The number of Topliss-reactive ketones (excluding diaryl/α,β-unsaturated/α-hetero) is 1. The highest BCUT2D eigenvalue weighted by molar-refractivity contribution is 9.10. The van der Waals surface area contributed by atoms with Crippen LogP contribution in [0.2, 0.25) is 0 Å². The van der Waals surface area contributed by atoms with Crippen LogP contribution >= 0.6 is 27.3 Å². The SMILES string of the molecule is NCCOCC(=O)c1cscc1Br. The van der Waals surface area contributed by atoms with Gasteiger partial charge in [0.05, 0.1) is 6.61 Å². The zero-order valence-corrected chi connectivity index (χ0v) is 9.36. The molecule has 1 aromatic heterocycles. The van der Waals surface area contributed by atoms with Crippen molar-refractivity contribution in [3.8, 4) is 0 Å². The van der Waals surface area contributed by atoms with Crippen LogP contribution < -0.4 is 5.73 Å². The van der Waals surface area contributed by atoms with E-state index in [-0.39, 0.29) is 12.4 Å². The van der Waals surface area contributed by atoms with E-state index in [1.165, 1.54) is 11.3 Å². The maximum absolute atomic E-state index is 11.4. The summed E-state index contributed by atoms with van der Waals surface area (Å²) in [4.78, 5) is 11.4. The summed E-state index contributed by atoms with van der Waals surface area (Å²) in [5.41, 5.74) is 5.90. The summed E-state index contributed by atoms with van der Waals surface area (Å²) in [6.07, 6.45) is 0. The van der Waals surface area contributed by atoms with Crippen LogP contribution in [0.4, 0.5) is 0 Å². The number of ketones is 1. The van der Waals surface area contributed by atoms with Gasteiger partial charge >= 0.3 is 0 Å². The minimum absolute atomic E-state index is 0.0124. The van der Waals surface area contributed by atoms with Crippen molar-refractivity contribution in [1.29, 1.82) is 0 Å². The molecule has 0 radical (unpaired) electrons. The molecule has 0 bridgehead atoms. The molecule has 5 heteroatoms. The molecule has 3 nitrogen and oxygen atoms in total. The minimum Gasteiger partial charge on any atom is -0.372 e. The Bertz CT molecular complexity index is 287. The van der Waals surface area contributed by atoms with Gasteiger partial charge in [0, 0.05) is 27.3 Å². The van der Waals surface area contributed by atoms with Gasteiger partial charge in [-0.2, -0.15) is 11.3 Å². The van der Waals surface area contributed by atoms with E-state index in [0.29, 0.717) is 18.7 Å². The van der Waals surface area contributed by atoms with E-state index in [0.717, 1.165) is 4.47 Å². The Balaban J connectivity index is 2.45. The molecule has 13 heavy (non-hydrogen) atoms. The van der Waals surface area contributed by atoms with Gasteiger partial charge in [0.25, 0.3) is 0 Å². The summed E-state index contributed by atoms with van der Waals surface area (Å²) in [5.74, 6) is -0.0124. The van der Waals surface area contributed by atoms with Crippen LogP contribution in [0.15, 0.2) is 15.2 Å². The molecule has 0 saturated carbocycles. The zero-order chi connectivity index (χ0) is 9.68. The van der Waals surface area contributed by atoms with Crippen molar-refractivity contribution >= 4 is 33.0 Å². The van der Waals surface area contributed by atoms with E-state index in [1.54, 1.807) is 5.38 Å². The van der Waals surface area contributed by atoms with E-state index in [1.807, 2.05) is 5.38 Å². The van der Waals surface area contributed by atoms with Gasteiger partial charge in [-0.15, -0.1) is 0 Å². The molecule has 0 amide bonds. The molecule has 0 fully saturated rings. The lowest BCUT2D eigenvalue weighted by molar-refractivity contribution is 0.0774. The summed E-state index contributed by atoms with van der Waals surface area (Å²) in [7, 11) is 0. The number of hydrogen-bond donors (Lipinski definition) is 1. The van der Waals surface area contributed by atoms with Gasteiger partial charge in [-0.3, -0.25) is 4.79 Å². The van der Waals surface area contributed by atoms with Crippen LogP contribution in [-0.2, 0) is 4.74 Å². The summed E-state index contributed by atoms with van der Waals surface area (Å²) in [6, 6.07) is 0. The molecule has 72 valence electrons. The molecule has 2 N–H and O–H groups in total. The fraction of sp³-hybridized carbons (Fsp3) is 0.375. The predicted octanol–water partition coefficient (Wildman–Crippen LogP) is 1.67. The van der Waals surface area contributed by atoms with Gasteiger partial charge in [0.15, 0.2) is 5.78 Å². The number of ether oxygens (including phenoxy) is 1. The largest absolute Gasteiger partial charge is 0.372 e. The average molecular weight is 264 g/mol. The summed E-state index contributed by atoms with van der Waals surface area (Å²) >= 11 is 4.77. The van der Waals surface area contributed by atoms with Crippen molar-refractivity contribution in [3.05, 3.63) is 20.8 Å². The maximum atomic E-state index is 11.4. The lowest BCUT2D eigenvalue weighted by atomic mass is 10.2. The number of nitrogens with two attached hydrogens (primary N) is 1. The number of rotatable bonds is 5. The monoisotopic (exact) mass is 263 g/mol. The van der Waals surface area contributed by atoms with E-state index in [4.69, 9.17) is 10.5 Å². The number of hydrogen-bond acceptors (Lipinski definition) is 4. The Morgan fingerprint density at radius 2 is 2.38 bits per heavy atom. The molecule has 1 rings (SSSR count). The molecule has 0 aliphatic rings. The number of carbonyl (C=O) groups excluding carboxylic acids is 1. The number of halogens is 1. The molecular weight excluding hydrogens is 254 g/mol. The summed E-state index contributed by atoms with van der Waals surface area (Å²) in [6.45, 7) is 0.970. The number of thiophene rings is 1. The van der Waals surface area contributed by atoms with E-state index < -0.39 is 0 Å². The van der Waals surface area contributed by atoms with Crippen LogP contribution in [0.5, 0.6) is 0 Å². The molecule has 0 aromatic carbocycles. The Morgan fingerprint density at radius 3 is 2.92 bits per heavy atom. The van der Waals surface area contributed by atoms with Crippen LogP contribution in [-0.4, -0.2) is 25.5 Å². The third kappa shape index (κ3) is 3.19. The van der Waals surface area contributed by atoms with Crippen molar-refractivity contribution in [3.63, 3.8) is 0 Å². The van der Waals surface area contributed by atoms with Crippen molar-refractivity contribution in [2.24, 2.45) is 5.73 Å². The van der Waals surface area contributed by atoms with Gasteiger partial charge in [0.2, 0.25) is 0 Å². The molecule has 0 unspecified atom stereocenters. The summed E-state index contributed by atoms with van der Waals surface area (Å²) in [5, 5.41) is 3.67. The lowest BCUT2D eigenvalue weighted by Gasteiger charge is -2.00. The first-order valence-corrected chi connectivity index (χ1v) is 5.52. The molecule has 0 saturated heterocycles. The van der Waals surface area contributed by atoms with E-state index >= 15 is 0 Å². The second kappa shape index (κ2) is 5.49. The summed E-state index contributed by atoms with van der Waals surface area (Å²) < 4.78 is 5.86. The molecule has 0 atom stereocenters. The van der Waals surface area contributed by atoms with Crippen LogP contribution in [0.1, 0.15) is 10.4 Å². The lowest BCUT2D eigenvalue weighted by Crippen LogP contribution is -2.14. The smallest absolute Gasteiger partial charge is 0.190 e. The highest BCUT2D eigenvalue weighted by Crippen LogP contribution is 2.21. The Hall–Kier alpha value is -0.230. The first kappa shape index (κ1) is 10.8. The molecule has 1 aromatic rings. The maximum Gasteiger partial charge on any atom is 0.190 e. The molecule has 1 heterocycles. The fourth-order valence-electron chi connectivity index (χ4n) is 0.806. The zero-order valence-electron chi connectivity index (χ0n) is 6.96. The Kier molecular flexibility index (Phi) is 4.58. The van der Waals surface area contributed by atoms with Crippen molar-refractivity contribution in [2.75, 3.05) is 19.8 Å². The number of carbonyl (C=O) groups is 1. The van der Waals surface area contributed by atoms with Crippen molar-refractivity contribution in [2.45, 2.75) is 0 Å². The average Bonchev–Trinajstić information content (AvgIpc) is 2.52. The van der Waals surface area contributed by atoms with Crippen molar-refractivity contribution in [1.82, 2.24) is 0 Å². The Morgan fingerprint density at radius 1 is 1.62 bits per heavy atom. The minimum atomic E-state index is -0.0124. The first-order valence-electron chi connectivity index (χ1n) is 3.78. The van der Waals surface area contributed by atoms with Gasteiger partial charge in [-0.1, -0.05) is 0 Å². The van der Waals surface area contributed by atoms with Gasteiger partial charge in [-0.25, -0.2) is 0 Å². The highest BCUT2D eigenvalue weighted by atomic mass is 79.9. The molecule has 0 aliphatic heterocycles. The standard InChI is InChI=1S/C8H10BrNO2S/c9-7-5-13-4-6(7)8(11)3-12-2-1-10/h4-5H,1-3,10H2. The van der Waals surface area contributed by atoms with Crippen LogP contribution in [0.3, 0.4) is 0 Å². The topological polar surface area (TPSA) is 52.3 Å².